The number of aromatic nitrogens is 1. The van der Waals surface area contributed by atoms with E-state index in [1.807, 2.05) is 49.4 Å². The van der Waals surface area contributed by atoms with Crippen LogP contribution < -0.4 is 5.32 Å². The van der Waals surface area contributed by atoms with Gasteiger partial charge in [0, 0.05) is 21.6 Å². The van der Waals surface area contributed by atoms with Gasteiger partial charge in [-0.1, -0.05) is 33.6 Å². The third-order valence-corrected chi connectivity index (χ3v) is 3.76. The molecule has 0 aliphatic carbocycles. The first-order valence-corrected chi connectivity index (χ1v) is 7.35. The molecule has 21 heavy (non-hydrogen) atoms. The van der Waals surface area contributed by atoms with Gasteiger partial charge in [-0.2, -0.15) is 0 Å². The lowest BCUT2D eigenvalue weighted by molar-refractivity contribution is 0.102. The number of hydrogen-bond donors (Lipinski definition) is 1. The van der Waals surface area contributed by atoms with Crippen LogP contribution in [0, 0.1) is 6.92 Å². The average Bonchev–Trinajstić information content (AvgIpc) is 2.48. The maximum absolute atomic E-state index is 12.3. The van der Waals surface area contributed by atoms with Crippen molar-refractivity contribution >= 4 is 38.4 Å². The zero-order chi connectivity index (χ0) is 14.8. The Hall–Kier alpha value is -2.20. The third kappa shape index (κ3) is 2.95. The Balaban J connectivity index is 1.96. The molecular formula is C17H13BrN2O. The second kappa shape index (κ2) is 5.66. The van der Waals surface area contributed by atoms with Crippen molar-refractivity contribution in [3.63, 3.8) is 0 Å². The summed E-state index contributed by atoms with van der Waals surface area (Å²) < 4.78 is 0.953. The van der Waals surface area contributed by atoms with Crippen LogP contribution in [0.2, 0.25) is 0 Å². The van der Waals surface area contributed by atoms with Gasteiger partial charge in [-0.25, -0.2) is 0 Å². The Kier molecular flexibility index (Phi) is 3.71. The van der Waals surface area contributed by atoms with Crippen LogP contribution in [-0.4, -0.2) is 10.9 Å². The highest BCUT2D eigenvalue weighted by atomic mass is 79.9. The highest BCUT2D eigenvalue weighted by Crippen LogP contribution is 2.25. The summed E-state index contributed by atoms with van der Waals surface area (Å²) in [6.07, 6.45) is 1.70. The summed E-state index contributed by atoms with van der Waals surface area (Å²) in [6.45, 7) is 2.00. The summed E-state index contributed by atoms with van der Waals surface area (Å²) >= 11 is 3.45. The van der Waals surface area contributed by atoms with Gasteiger partial charge in [0.25, 0.3) is 5.91 Å². The molecule has 1 heterocycles. The first-order chi connectivity index (χ1) is 10.1. The van der Waals surface area contributed by atoms with Crippen molar-refractivity contribution < 1.29 is 4.79 Å². The summed E-state index contributed by atoms with van der Waals surface area (Å²) in [5, 5.41) is 3.86. The van der Waals surface area contributed by atoms with E-state index in [0.717, 1.165) is 26.6 Å². The van der Waals surface area contributed by atoms with Gasteiger partial charge in [-0.05, 0) is 43.3 Å². The van der Waals surface area contributed by atoms with Crippen LogP contribution in [-0.2, 0) is 0 Å². The summed E-state index contributed by atoms with van der Waals surface area (Å²) in [5.74, 6) is -0.123. The largest absolute Gasteiger partial charge is 0.321 e. The van der Waals surface area contributed by atoms with Gasteiger partial charge < -0.3 is 5.32 Å². The van der Waals surface area contributed by atoms with Crippen molar-refractivity contribution in [2.45, 2.75) is 6.92 Å². The van der Waals surface area contributed by atoms with Crippen LogP contribution in [0.1, 0.15) is 15.9 Å². The highest BCUT2D eigenvalue weighted by molar-refractivity contribution is 9.10. The molecule has 0 aliphatic rings. The van der Waals surface area contributed by atoms with Crippen molar-refractivity contribution in [1.29, 1.82) is 0 Å². The van der Waals surface area contributed by atoms with Crippen molar-refractivity contribution in [1.82, 2.24) is 4.98 Å². The monoisotopic (exact) mass is 340 g/mol. The third-order valence-electron chi connectivity index (χ3n) is 3.27. The number of nitrogens with one attached hydrogen (secondary N) is 1. The first-order valence-electron chi connectivity index (χ1n) is 6.56. The normalized spacial score (nSPS) is 10.6. The lowest BCUT2D eigenvalue weighted by Crippen LogP contribution is -2.12. The molecule has 0 fully saturated rings. The van der Waals surface area contributed by atoms with Gasteiger partial charge in [0.05, 0.1) is 11.2 Å². The molecule has 2 aromatic carbocycles. The Morgan fingerprint density at radius 3 is 2.62 bits per heavy atom. The summed E-state index contributed by atoms with van der Waals surface area (Å²) in [6, 6.07) is 15.1. The molecule has 0 saturated carbocycles. The number of carbonyl (C=O) groups is 1. The molecule has 3 nitrogen and oxygen atoms in total. The molecule has 0 atom stereocenters. The van der Waals surface area contributed by atoms with E-state index in [0.29, 0.717) is 5.56 Å². The fourth-order valence-electron chi connectivity index (χ4n) is 2.13. The van der Waals surface area contributed by atoms with E-state index < -0.39 is 0 Å². The van der Waals surface area contributed by atoms with E-state index in [2.05, 4.69) is 26.2 Å². The summed E-state index contributed by atoms with van der Waals surface area (Å²) in [4.78, 5) is 16.6. The number of amides is 1. The molecule has 0 saturated heterocycles. The van der Waals surface area contributed by atoms with Crippen molar-refractivity contribution in [2.75, 3.05) is 5.32 Å². The lowest BCUT2D eigenvalue weighted by atomic mass is 10.1. The topological polar surface area (TPSA) is 42.0 Å². The number of carbonyl (C=O) groups excluding carboxylic acids is 1. The van der Waals surface area contributed by atoms with Gasteiger partial charge >= 0.3 is 0 Å². The van der Waals surface area contributed by atoms with Crippen LogP contribution in [0.3, 0.4) is 0 Å². The quantitative estimate of drug-likeness (QED) is 0.743. The van der Waals surface area contributed by atoms with E-state index in [1.54, 1.807) is 12.3 Å². The smallest absolute Gasteiger partial charge is 0.255 e. The Morgan fingerprint density at radius 1 is 1.10 bits per heavy atom. The second-order valence-electron chi connectivity index (χ2n) is 4.84. The highest BCUT2D eigenvalue weighted by Gasteiger charge is 2.09. The number of anilines is 1. The van der Waals surface area contributed by atoms with Crippen molar-refractivity contribution in [3.05, 3.63) is 70.3 Å². The molecule has 0 unspecified atom stereocenters. The molecule has 0 radical (unpaired) electrons. The van der Waals surface area contributed by atoms with E-state index in [-0.39, 0.29) is 5.91 Å². The second-order valence-corrected chi connectivity index (χ2v) is 5.76. The molecule has 104 valence electrons. The molecule has 4 heteroatoms. The molecular weight excluding hydrogens is 328 g/mol. The van der Waals surface area contributed by atoms with E-state index in [4.69, 9.17) is 0 Å². The van der Waals surface area contributed by atoms with Crippen molar-refractivity contribution in [2.24, 2.45) is 0 Å². The molecule has 0 aliphatic heterocycles. The van der Waals surface area contributed by atoms with Gasteiger partial charge in [0.15, 0.2) is 0 Å². The molecule has 0 spiro atoms. The minimum atomic E-state index is -0.123. The van der Waals surface area contributed by atoms with E-state index in [1.165, 1.54) is 0 Å². The van der Waals surface area contributed by atoms with E-state index >= 15 is 0 Å². The maximum atomic E-state index is 12.3. The minimum absolute atomic E-state index is 0.123. The number of rotatable bonds is 2. The molecule has 3 aromatic rings. The SMILES string of the molecule is Cc1ccc(C(=O)Nc2ccnc3ccc(Br)cc23)cc1. The predicted octanol–water partition coefficient (Wildman–Crippen LogP) is 4.56. The van der Waals surface area contributed by atoms with Crippen LogP contribution in [0.25, 0.3) is 10.9 Å². The fraction of sp³-hybridized carbons (Fsp3) is 0.0588. The summed E-state index contributed by atoms with van der Waals surface area (Å²) in [7, 11) is 0. The number of halogens is 1. The lowest BCUT2D eigenvalue weighted by Gasteiger charge is -2.09. The first kappa shape index (κ1) is 13.8. The summed E-state index contributed by atoms with van der Waals surface area (Å²) in [5.41, 5.74) is 3.37. The molecule has 0 bridgehead atoms. The number of hydrogen-bond acceptors (Lipinski definition) is 2. The molecule has 1 amide bonds. The Bertz CT molecular complexity index is 813. The van der Waals surface area contributed by atoms with Gasteiger partial charge in [-0.15, -0.1) is 0 Å². The standard InChI is InChI=1S/C17H13BrN2O/c1-11-2-4-12(5-3-11)17(21)20-16-8-9-19-15-7-6-13(18)10-14(15)16/h2-10H,1H3,(H,19,20,21). The van der Waals surface area contributed by atoms with Crippen LogP contribution in [0.4, 0.5) is 5.69 Å². The molecule has 1 aromatic heterocycles. The number of pyridine rings is 1. The zero-order valence-electron chi connectivity index (χ0n) is 11.4. The fourth-order valence-corrected chi connectivity index (χ4v) is 2.49. The number of fused-ring (bicyclic) bond motifs is 1. The zero-order valence-corrected chi connectivity index (χ0v) is 13.0. The van der Waals surface area contributed by atoms with Gasteiger partial charge in [0.2, 0.25) is 0 Å². The van der Waals surface area contributed by atoms with E-state index in [9.17, 15) is 4.79 Å². The number of benzene rings is 2. The number of nitrogens with zero attached hydrogens (tertiary/aromatic N) is 1. The average molecular weight is 341 g/mol. The Labute approximate surface area is 131 Å². The Morgan fingerprint density at radius 2 is 1.86 bits per heavy atom. The minimum Gasteiger partial charge on any atom is -0.321 e. The van der Waals surface area contributed by atoms with Gasteiger partial charge in [0.1, 0.15) is 0 Å². The maximum Gasteiger partial charge on any atom is 0.255 e. The van der Waals surface area contributed by atoms with Crippen LogP contribution in [0.15, 0.2) is 59.2 Å². The van der Waals surface area contributed by atoms with Crippen molar-refractivity contribution in [3.8, 4) is 0 Å². The predicted molar refractivity (Wildman–Crippen MR) is 88.6 cm³/mol. The number of aryl methyl sites for hydroxylation is 1. The molecule has 1 N–H and O–H groups in total. The van der Waals surface area contributed by atoms with Crippen LogP contribution in [0.5, 0.6) is 0 Å². The van der Waals surface area contributed by atoms with Crippen LogP contribution >= 0.6 is 15.9 Å². The molecule has 3 rings (SSSR count). The van der Waals surface area contributed by atoms with Gasteiger partial charge in [-0.3, -0.25) is 9.78 Å².